The van der Waals surface area contributed by atoms with Crippen molar-refractivity contribution in [3.05, 3.63) is 88.4 Å². The molecular formula is C25H21ClN2O3S. The van der Waals surface area contributed by atoms with Gasteiger partial charge in [0.15, 0.2) is 0 Å². The van der Waals surface area contributed by atoms with Crippen LogP contribution in [0.3, 0.4) is 0 Å². The Morgan fingerprint density at radius 2 is 1.72 bits per heavy atom. The van der Waals surface area contributed by atoms with Crippen LogP contribution in [0.4, 0.5) is 5.69 Å². The number of likely N-dealkylation sites (tertiary alicyclic amines) is 1. The van der Waals surface area contributed by atoms with Crippen molar-refractivity contribution in [3.8, 4) is 0 Å². The molecule has 5 rings (SSSR count). The zero-order chi connectivity index (χ0) is 22.2. The van der Waals surface area contributed by atoms with Gasteiger partial charge >= 0.3 is 0 Å². The molecule has 0 bridgehead atoms. The lowest BCUT2D eigenvalue weighted by atomic mass is 10.1. The summed E-state index contributed by atoms with van der Waals surface area (Å²) in [5.74, 6) is -0.313. The summed E-state index contributed by atoms with van der Waals surface area (Å²) in [5, 5.41) is 0.576. The Hall–Kier alpha value is -2.96. The highest BCUT2D eigenvalue weighted by atomic mass is 35.5. The van der Waals surface area contributed by atoms with Gasteiger partial charge in [-0.05, 0) is 60.9 Å². The molecule has 2 aliphatic heterocycles. The van der Waals surface area contributed by atoms with Gasteiger partial charge in [-0.1, -0.05) is 35.9 Å². The van der Waals surface area contributed by atoms with Gasteiger partial charge in [0.1, 0.15) is 0 Å². The average molecular weight is 465 g/mol. The van der Waals surface area contributed by atoms with Crippen LogP contribution in [-0.4, -0.2) is 34.0 Å². The quantitative estimate of drug-likeness (QED) is 0.553. The van der Waals surface area contributed by atoms with Gasteiger partial charge in [-0.3, -0.25) is 9.59 Å². The maximum absolute atomic E-state index is 13.6. The fourth-order valence-electron chi connectivity index (χ4n) is 4.27. The van der Waals surface area contributed by atoms with Crippen LogP contribution in [0.1, 0.15) is 39.1 Å². The second kappa shape index (κ2) is 8.52. The summed E-state index contributed by atoms with van der Waals surface area (Å²) in [7, 11) is -1.55. The third kappa shape index (κ3) is 3.74. The molecule has 0 N–H and O–H groups in total. The van der Waals surface area contributed by atoms with Crippen molar-refractivity contribution < 1.29 is 13.8 Å². The number of rotatable bonds is 3. The number of nitrogens with zero attached hydrogens (tertiary/aromatic N) is 2. The van der Waals surface area contributed by atoms with Gasteiger partial charge in [-0.2, -0.15) is 0 Å². The van der Waals surface area contributed by atoms with E-state index in [1.54, 1.807) is 53.4 Å². The molecule has 0 spiro atoms. The lowest BCUT2D eigenvalue weighted by Gasteiger charge is -2.24. The number of hydrogen-bond donors (Lipinski definition) is 0. The zero-order valence-electron chi connectivity index (χ0n) is 17.3. The predicted molar refractivity (Wildman–Crippen MR) is 125 cm³/mol. The number of carbonyl (C=O) groups is 2. The Bertz CT molecular complexity index is 1250. The third-order valence-corrected chi connectivity index (χ3v) is 7.62. The molecule has 5 nitrogen and oxygen atoms in total. The molecule has 1 saturated heterocycles. The van der Waals surface area contributed by atoms with Crippen molar-refractivity contribution in [3.63, 3.8) is 0 Å². The number of anilines is 1. The Labute approximate surface area is 194 Å². The molecule has 2 amide bonds. The van der Waals surface area contributed by atoms with Crippen molar-refractivity contribution >= 4 is 39.9 Å². The van der Waals surface area contributed by atoms with E-state index in [1.807, 2.05) is 23.1 Å². The first-order valence-electron chi connectivity index (χ1n) is 10.5. The summed E-state index contributed by atoms with van der Waals surface area (Å²) in [5.41, 5.74) is 2.24. The Morgan fingerprint density at radius 1 is 0.938 bits per heavy atom. The van der Waals surface area contributed by atoms with Crippen molar-refractivity contribution in [2.75, 3.05) is 18.0 Å². The minimum atomic E-state index is -1.55. The van der Waals surface area contributed by atoms with E-state index in [9.17, 15) is 13.8 Å². The molecule has 2 heterocycles. The van der Waals surface area contributed by atoms with Gasteiger partial charge in [0.05, 0.1) is 38.4 Å². The van der Waals surface area contributed by atoms with E-state index in [4.69, 9.17) is 11.6 Å². The maximum atomic E-state index is 13.6. The second-order valence-corrected chi connectivity index (χ2v) is 9.82. The standard InChI is InChI=1S/C25H21ClN2O3S/c26-19-7-5-6-17(14-19)16-28-21-15-18(24(29)27-12-3-4-13-27)10-11-23(21)32(31)22-9-2-1-8-20(22)25(28)30/h1-2,5-11,14-15H,3-4,12-13,16H2/t32-/m0/s1. The van der Waals surface area contributed by atoms with Crippen molar-refractivity contribution in [1.82, 2.24) is 4.90 Å². The van der Waals surface area contributed by atoms with Crippen LogP contribution >= 0.6 is 11.6 Å². The van der Waals surface area contributed by atoms with E-state index in [0.29, 0.717) is 31.6 Å². The molecule has 1 atom stereocenters. The zero-order valence-corrected chi connectivity index (χ0v) is 18.9. The van der Waals surface area contributed by atoms with Crippen LogP contribution in [0.5, 0.6) is 0 Å². The maximum Gasteiger partial charge on any atom is 0.259 e. The van der Waals surface area contributed by atoms with Gasteiger partial charge in [-0.15, -0.1) is 0 Å². The summed E-state index contributed by atoms with van der Waals surface area (Å²) in [4.78, 5) is 31.1. The summed E-state index contributed by atoms with van der Waals surface area (Å²) < 4.78 is 13.5. The molecule has 32 heavy (non-hydrogen) atoms. The fourth-order valence-corrected chi connectivity index (χ4v) is 5.83. The van der Waals surface area contributed by atoms with E-state index < -0.39 is 10.8 Å². The molecular weight excluding hydrogens is 444 g/mol. The molecule has 2 aliphatic rings. The highest BCUT2D eigenvalue weighted by Crippen LogP contribution is 2.36. The van der Waals surface area contributed by atoms with E-state index in [-0.39, 0.29) is 18.4 Å². The number of amides is 2. The number of carbonyl (C=O) groups excluding carboxylic acids is 2. The highest BCUT2D eigenvalue weighted by Gasteiger charge is 2.32. The minimum absolute atomic E-state index is 0.0620. The molecule has 1 fully saturated rings. The van der Waals surface area contributed by atoms with Crippen molar-refractivity contribution in [2.24, 2.45) is 0 Å². The van der Waals surface area contributed by atoms with Gasteiger partial charge in [-0.25, -0.2) is 4.21 Å². The Balaban J connectivity index is 1.65. The molecule has 0 aromatic heterocycles. The van der Waals surface area contributed by atoms with E-state index in [0.717, 1.165) is 31.5 Å². The van der Waals surface area contributed by atoms with Crippen LogP contribution < -0.4 is 4.90 Å². The molecule has 7 heteroatoms. The lowest BCUT2D eigenvalue weighted by molar-refractivity contribution is 0.0792. The normalized spacial score (nSPS) is 17.7. The van der Waals surface area contributed by atoms with Crippen molar-refractivity contribution in [2.45, 2.75) is 29.2 Å². The summed E-state index contributed by atoms with van der Waals surface area (Å²) in [6.07, 6.45) is 1.99. The number of benzene rings is 3. The minimum Gasteiger partial charge on any atom is -0.339 e. The van der Waals surface area contributed by atoms with Crippen molar-refractivity contribution in [1.29, 1.82) is 0 Å². The first-order chi connectivity index (χ1) is 15.5. The number of halogens is 1. The van der Waals surface area contributed by atoms with Gasteiger partial charge in [0.25, 0.3) is 11.8 Å². The van der Waals surface area contributed by atoms with Crippen LogP contribution in [0.15, 0.2) is 76.5 Å². The Morgan fingerprint density at radius 3 is 2.50 bits per heavy atom. The van der Waals surface area contributed by atoms with Gasteiger partial charge in [0, 0.05) is 23.7 Å². The third-order valence-electron chi connectivity index (χ3n) is 5.88. The second-order valence-electron chi connectivity index (χ2n) is 7.97. The lowest BCUT2D eigenvalue weighted by Crippen LogP contribution is -2.31. The fraction of sp³-hybridized carbons (Fsp3) is 0.200. The number of hydrogen-bond acceptors (Lipinski definition) is 3. The van der Waals surface area contributed by atoms with E-state index in [1.165, 1.54) is 0 Å². The SMILES string of the molecule is O=C(c1ccc2c(c1)N(Cc1cccc(Cl)c1)C(=O)c1ccccc1[S@@]2=O)N1CCCC1. The van der Waals surface area contributed by atoms with Crippen LogP contribution in [0.25, 0.3) is 0 Å². The van der Waals surface area contributed by atoms with Gasteiger partial charge in [0.2, 0.25) is 0 Å². The van der Waals surface area contributed by atoms with Crippen LogP contribution in [-0.2, 0) is 17.3 Å². The monoisotopic (exact) mass is 464 g/mol. The van der Waals surface area contributed by atoms with E-state index in [2.05, 4.69) is 0 Å². The molecule has 0 aliphatic carbocycles. The topological polar surface area (TPSA) is 57.7 Å². The predicted octanol–water partition coefficient (Wildman–Crippen LogP) is 4.90. The molecule has 0 radical (unpaired) electrons. The highest BCUT2D eigenvalue weighted by molar-refractivity contribution is 7.85. The molecule has 162 valence electrons. The first kappa shape index (κ1) is 20.9. The average Bonchev–Trinajstić information content (AvgIpc) is 3.33. The molecule has 0 saturated carbocycles. The first-order valence-corrected chi connectivity index (χ1v) is 12.1. The van der Waals surface area contributed by atoms with E-state index >= 15 is 0 Å². The molecule has 0 unspecified atom stereocenters. The van der Waals surface area contributed by atoms with Crippen LogP contribution in [0.2, 0.25) is 5.02 Å². The summed E-state index contributed by atoms with van der Waals surface area (Å²) in [6.45, 7) is 1.72. The largest absolute Gasteiger partial charge is 0.339 e. The van der Waals surface area contributed by atoms with Crippen LogP contribution in [0, 0.1) is 0 Å². The summed E-state index contributed by atoms with van der Waals surface area (Å²) in [6, 6.07) is 19.4. The van der Waals surface area contributed by atoms with Gasteiger partial charge < -0.3 is 9.80 Å². The smallest absolute Gasteiger partial charge is 0.259 e. The molecule has 3 aromatic rings. The Kier molecular flexibility index (Phi) is 5.57. The summed E-state index contributed by atoms with van der Waals surface area (Å²) >= 11 is 6.17. The molecule has 3 aromatic carbocycles. The number of fused-ring (bicyclic) bond motifs is 2.